The normalized spacial score (nSPS) is 20.2. The first-order valence-corrected chi connectivity index (χ1v) is 6.97. The van der Waals surface area contributed by atoms with Crippen molar-refractivity contribution in [2.75, 3.05) is 24.6 Å². The van der Waals surface area contributed by atoms with Crippen LogP contribution in [0.5, 0.6) is 0 Å². The molecular formula is C14H21ClN2O. The number of benzene rings is 1. The topological polar surface area (TPSA) is 49.5 Å². The van der Waals surface area contributed by atoms with E-state index in [4.69, 9.17) is 22.4 Å². The van der Waals surface area contributed by atoms with Crippen molar-refractivity contribution in [3.8, 4) is 0 Å². The van der Waals surface area contributed by atoms with Crippen molar-refractivity contribution in [3.63, 3.8) is 0 Å². The van der Waals surface area contributed by atoms with E-state index in [1.54, 1.807) is 0 Å². The van der Waals surface area contributed by atoms with Gasteiger partial charge >= 0.3 is 0 Å². The zero-order valence-electron chi connectivity index (χ0n) is 10.6. The minimum Gasteiger partial charge on any atom is -0.396 e. The summed E-state index contributed by atoms with van der Waals surface area (Å²) in [7, 11) is 0. The van der Waals surface area contributed by atoms with E-state index in [9.17, 15) is 0 Å². The molecular weight excluding hydrogens is 248 g/mol. The molecule has 3 N–H and O–H groups in total. The molecule has 1 aromatic carbocycles. The Labute approximate surface area is 114 Å². The lowest BCUT2D eigenvalue weighted by atomic mass is 9.94. The Morgan fingerprint density at radius 2 is 2.28 bits per heavy atom. The van der Waals surface area contributed by atoms with Crippen molar-refractivity contribution < 1.29 is 5.11 Å². The highest BCUT2D eigenvalue weighted by Crippen LogP contribution is 2.31. The van der Waals surface area contributed by atoms with Gasteiger partial charge in [0.05, 0.1) is 0 Å². The van der Waals surface area contributed by atoms with E-state index in [1.807, 2.05) is 12.1 Å². The number of piperidine rings is 1. The molecule has 4 heteroatoms. The number of nitrogens with zero attached hydrogens (tertiary/aromatic N) is 1. The van der Waals surface area contributed by atoms with Crippen LogP contribution in [-0.2, 0) is 6.54 Å². The first-order valence-electron chi connectivity index (χ1n) is 6.59. The Kier molecular flexibility index (Phi) is 4.87. The summed E-state index contributed by atoms with van der Waals surface area (Å²) in [5, 5.41) is 9.81. The van der Waals surface area contributed by atoms with E-state index >= 15 is 0 Å². The van der Waals surface area contributed by atoms with E-state index < -0.39 is 0 Å². The number of aliphatic hydroxyl groups is 1. The van der Waals surface area contributed by atoms with Crippen molar-refractivity contribution in [3.05, 3.63) is 28.8 Å². The fraction of sp³-hybridized carbons (Fsp3) is 0.571. The monoisotopic (exact) mass is 268 g/mol. The van der Waals surface area contributed by atoms with Gasteiger partial charge in [-0.25, -0.2) is 0 Å². The highest BCUT2D eigenvalue weighted by molar-refractivity contribution is 6.31. The predicted molar refractivity (Wildman–Crippen MR) is 76.0 cm³/mol. The zero-order valence-corrected chi connectivity index (χ0v) is 11.4. The highest BCUT2D eigenvalue weighted by Gasteiger charge is 2.21. The summed E-state index contributed by atoms with van der Waals surface area (Å²) in [6.45, 7) is 2.79. The summed E-state index contributed by atoms with van der Waals surface area (Å²) in [5.74, 6) is 0.577. The number of halogens is 1. The molecule has 1 saturated heterocycles. The largest absolute Gasteiger partial charge is 0.396 e. The van der Waals surface area contributed by atoms with Gasteiger partial charge in [0, 0.05) is 42.5 Å². The lowest BCUT2D eigenvalue weighted by Gasteiger charge is -2.35. The summed E-state index contributed by atoms with van der Waals surface area (Å²) in [5.41, 5.74) is 7.99. The summed E-state index contributed by atoms with van der Waals surface area (Å²) < 4.78 is 0. The van der Waals surface area contributed by atoms with Gasteiger partial charge in [0.15, 0.2) is 0 Å². The van der Waals surface area contributed by atoms with Gasteiger partial charge in [0.2, 0.25) is 0 Å². The van der Waals surface area contributed by atoms with Gasteiger partial charge in [-0.05, 0) is 37.3 Å². The van der Waals surface area contributed by atoms with E-state index in [0.717, 1.165) is 35.8 Å². The maximum Gasteiger partial charge on any atom is 0.0471 e. The molecule has 3 nitrogen and oxygen atoms in total. The number of nitrogens with two attached hydrogens (primary N) is 1. The van der Waals surface area contributed by atoms with E-state index in [2.05, 4.69) is 11.0 Å². The van der Waals surface area contributed by atoms with Crippen molar-refractivity contribution >= 4 is 17.3 Å². The molecule has 0 bridgehead atoms. The first-order chi connectivity index (χ1) is 8.76. The van der Waals surface area contributed by atoms with E-state index in [0.29, 0.717) is 12.5 Å². The van der Waals surface area contributed by atoms with Crippen LogP contribution >= 0.6 is 11.6 Å². The first kappa shape index (κ1) is 13.7. The third kappa shape index (κ3) is 2.97. The Morgan fingerprint density at radius 1 is 1.44 bits per heavy atom. The van der Waals surface area contributed by atoms with Crippen LogP contribution in [0.1, 0.15) is 24.8 Å². The number of hydrogen-bond acceptors (Lipinski definition) is 3. The van der Waals surface area contributed by atoms with Gasteiger partial charge in [0.1, 0.15) is 0 Å². The quantitative estimate of drug-likeness (QED) is 0.882. The van der Waals surface area contributed by atoms with Crippen LogP contribution in [0.3, 0.4) is 0 Å². The molecule has 1 atom stereocenters. The summed E-state index contributed by atoms with van der Waals surface area (Å²) >= 11 is 6.20. The zero-order chi connectivity index (χ0) is 13.0. The Bertz CT molecular complexity index is 395. The summed E-state index contributed by atoms with van der Waals surface area (Å²) in [4.78, 5) is 2.36. The van der Waals surface area contributed by atoms with E-state index in [1.165, 1.54) is 12.8 Å². The molecule has 0 amide bonds. The van der Waals surface area contributed by atoms with Gasteiger partial charge in [-0.1, -0.05) is 17.7 Å². The van der Waals surface area contributed by atoms with Crippen LogP contribution < -0.4 is 10.6 Å². The van der Waals surface area contributed by atoms with Crippen LogP contribution in [0.2, 0.25) is 5.02 Å². The van der Waals surface area contributed by atoms with Crippen LogP contribution in [0.4, 0.5) is 5.69 Å². The molecule has 0 saturated carbocycles. The molecule has 1 aliphatic rings. The van der Waals surface area contributed by atoms with Crippen LogP contribution in [-0.4, -0.2) is 24.8 Å². The number of hydrogen-bond donors (Lipinski definition) is 2. The molecule has 100 valence electrons. The third-order valence-electron chi connectivity index (χ3n) is 3.70. The second-order valence-electron chi connectivity index (χ2n) is 4.91. The van der Waals surface area contributed by atoms with Crippen molar-refractivity contribution in [1.82, 2.24) is 0 Å². The molecule has 0 spiro atoms. The molecule has 2 rings (SSSR count). The van der Waals surface area contributed by atoms with E-state index in [-0.39, 0.29) is 6.61 Å². The molecule has 0 radical (unpaired) electrons. The van der Waals surface area contributed by atoms with Gasteiger partial charge in [-0.2, -0.15) is 0 Å². The Morgan fingerprint density at radius 3 is 3.00 bits per heavy atom. The van der Waals surface area contributed by atoms with Crippen molar-refractivity contribution in [2.45, 2.75) is 25.8 Å². The average molecular weight is 269 g/mol. The number of rotatable bonds is 4. The van der Waals surface area contributed by atoms with Gasteiger partial charge in [0.25, 0.3) is 0 Å². The molecule has 1 aromatic rings. The maximum absolute atomic E-state index is 9.06. The molecule has 1 heterocycles. The molecule has 0 aliphatic carbocycles. The fourth-order valence-electron chi connectivity index (χ4n) is 2.75. The van der Waals surface area contributed by atoms with Crippen molar-refractivity contribution in [1.29, 1.82) is 0 Å². The SMILES string of the molecule is NCc1c(Cl)cccc1N1CCCC(CCO)C1. The minimum absolute atomic E-state index is 0.276. The molecule has 1 unspecified atom stereocenters. The standard InChI is InChI=1S/C14H21ClN2O/c15-13-4-1-5-14(12(13)9-16)17-7-2-3-11(10-17)6-8-18/h1,4-5,11,18H,2-3,6-10,16H2. The van der Waals surface area contributed by atoms with Crippen molar-refractivity contribution in [2.24, 2.45) is 11.7 Å². The van der Waals surface area contributed by atoms with Gasteiger partial charge in [-0.15, -0.1) is 0 Å². The van der Waals surface area contributed by atoms with Crippen LogP contribution in [0.15, 0.2) is 18.2 Å². The molecule has 18 heavy (non-hydrogen) atoms. The average Bonchev–Trinajstić information content (AvgIpc) is 2.39. The second-order valence-corrected chi connectivity index (χ2v) is 5.32. The smallest absolute Gasteiger partial charge is 0.0471 e. The number of aliphatic hydroxyl groups excluding tert-OH is 1. The van der Waals surface area contributed by atoms with Crippen LogP contribution in [0, 0.1) is 5.92 Å². The maximum atomic E-state index is 9.06. The predicted octanol–water partition coefficient (Wildman–Crippen LogP) is 2.40. The molecule has 1 fully saturated rings. The minimum atomic E-state index is 0.276. The molecule has 0 aromatic heterocycles. The lowest BCUT2D eigenvalue weighted by Crippen LogP contribution is -2.36. The Balaban J connectivity index is 2.18. The van der Waals surface area contributed by atoms with Gasteiger partial charge in [-0.3, -0.25) is 0 Å². The van der Waals surface area contributed by atoms with Gasteiger partial charge < -0.3 is 15.7 Å². The Hall–Kier alpha value is -0.770. The third-order valence-corrected chi connectivity index (χ3v) is 4.05. The van der Waals surface area contributed by atoms with Crippen LogP contribution in [0.25, 0.3) is 0 Å². The molecule has 1 aliphatic heterocycles. The number of anilines is 1. The second kappa shape index (κ2) is 6.41. The highest BCUT2D eigenvalue weighted by atomic mass is 35.5. The summed E-state index contributed by atoms with van der Waals surface area (Å²) in [6, 6.07) is 5.96. The lowest BCUT2D eigenvalue weighted by molar-refractivity contribution is 0.244. The summed E-state index contributed by atoms with van der Waals surface area (Å²) in [6.07, 6.45) is 3.26. The fourth-order valence-corrected chi connectivity index (χ4v) is 2.99.